The first-order valence-electron chi connectivity index (χ1n) is 7.51. The molecule has 0 saturated heterocycles. The van der Waals surface area contributed by atoms with E-state index in [1.165, 1.54) is 36.9 Å². The lowest BCUT2D eigenvalue weighted by Crippen LogP contribution is -2.13. The summed E-state index contributed by atoms with van der Waals surface area (Å²) in [6, 6.07) is 8.89. The molecule has 0 aliphatic rings. The molecule has 1 aromatic carbocycles. The van der Waals surface area contributed by atoms with Gasteiger partial charge in [0.15, 0.2) is 0 Å². The quantitative estimate of drug-likeness (QED) is 0.645. The van der Waals surface area contributed by atoms with E-state index in [9.17, 15) is 0 Å². The number of rotatable bonds is 8. The van der Waals surface area contributed by atoms with Crippen molar-refractivity contribution in [3.63, 3.8) is 0 Å². The third-order valence-electron chi connectivity index (χ3n) is 3.72. The Balaban J connectivity index is 2.42. The molecule has 0 saturated carbocycles. The largest absolute Gasteiger partial charge is 0.385 e. The molecule has 18 heavy (non-hydrogen) atoms. The zero-order valence-electron chi connectivity index (χ0n) is 12.5. The standard InChI is InChI=1S/C17H29N/c1-5-7-8-15(6-2)13-18-17-11-9-16(10-12-17)14(3)4/h9-12,14-15,18H,5-8,13H2,1-4H3. The number of anilines is 1. The van der Waals surface area contributed by atoms with E-state index in [-0.39, 0.29) is 0 Å². The van der Waals surface area contributed by atoms with E-state index in [2.05, 4.69) is 57.3 Å². The summed E-state index contributed by atoms with van der Waals surface area (Å²) in [6.45, 7) is 10.1. The van der Waals surface area contributed by atoms with E-state index in [0.717, 1.165) is 12.5 Å². The predicted molar refractivity (Wildman–Crippen MR) is 82.3 cm³/mol. The molecule has 0 radical (unpaired) electrons. The summed E-state index contributed by atoms with van der Waals surface area (Å²) in [5, 5.41) is 3.57. The number of unbranched alkanes of at least 4 members (excludes halogenated alkanes) is 1. The van der Waals surface area contributed by atoms with Crippen LogP contribution in [0.25, 0.3) is 0 Å². The fraction of sp³-hybridized carbons (Fsp3) is 0.647. The van der Waals surface area contributed by atoms with Crippen molar-refractivity contribution in [3.05, 3.63) is 29.8 Å². The molecule has 0 amide bonds. The number of nitrogens with one attached hydrogen (secondary N) is 1. The average molecular weight is 247 g/mol. The molecule has 1 rings (SSSR count). The van der Waals surface area contributed by atoms with Gasteiger partial charge in [0.25, 0.3) is 0 Å². The van der Waals surface area contributed by atoms with Crippen molar-refractivity contribution in [1.82, 2.24) is 0 Å². The van der Waals surface area contributed by atoms with Gasteiger partial charge in [-0.3, -0.25) is 0 Å². The van der Waals surface area contributed by atoms with E-state index in [0.29, 0.717) is 5.92 Å². The Morgan fingerprint density at radius 2 is 1.72 bits per heavy atom. The minimum absolute atomic E-state index is 0.618. The fourth-order valence-corrected chi connectivity index (χ4v) is 2.19. The predicted octanol–water partition coefficient (Wildman–Crippen LogP) is 5.44. The summed E-state index contributed by atoms with van der Waals surface area (Å²) in [5.41, 5.74) is 2.67. The number of hydrogen-bond donors (Lipinski definition) is 1. The summed E-state index contributed by atoms with van der Waals surface area (Å²) in [5.74, 6) is 1.43. The van der Waals surface area contributed by atoms with Gasteiger partial charge in [-0.25, -0.2) is 0 Å². The van der Waals surface area contributed by atoms with E-state index in [1.807, 2.05) is 0 Å². The van der Waals surface area contributed by atoms with Crippen molar-refractivity contribution in [2.75, 3.05) is 11.9 Å². The minimum Gasteiger partial charge on any atom is -0.385 e. The van der Waals surface area contributed by atoms with Gasteiger partial charge < -0.3 is 5.32 Å². The van der Waals surface area contributed by atoms with Gasteiger partial charge in [0, 0.05) is 12.2 Å². The second-order valence-electron chi connectivity index (χ2n) is 5.57. The van der Waals surface area contributed by atoms with Crippen molar-refractivity contribution in [1.29, 1.82) is 0 Å². The molecule has 0 spiro atoms. The van der Waals surface area contributed by atoms with Crippen molar-refractivity contribution >= 4 is 5.69 Å². The Kier molecular flexibility index (Phi) is 6.85. The summed E-state index contributed by atoms with van der Waals surface area (Å²) in [6.07, 6.45) is 5.28. The van der Waals surface area contributed by atoms with Crippen molar-refractivity contribution in [3.8, 4) is 0 Å². The Hall–Kier alpha value is -0.980. The highest BCUT2D eigenvalue weighted by Gasteiger charge is 2.05. The molecule has 1 atom stereocenters. The van der Waals surface area contributed by atoms with Gasteiger partial charge in [0.05, 0.1) is 0 Å². The molecule has 0 heterocycles. The van der Waals surface area contributed by atoms with Crippen LogP contribution in [-0.4, -0.2) is 6.54 Å². The molecule has 0 bridgehead atoms. The fourth-order valence-electron chi connectivity index (χ4n) is 2.19. The summed E-state index contributed by atoms with van der Waals surface area (Å²) in [7, 11) is 0. The monoisotopic (exact) mass is 247 g/mol. The van der Waals surface area contributed by atoms with Crippen LogP contribution in [0.3, 0.4) is 0 Å². The zero-order valence-corrected chi connectivity index (χ0v) is 12.5. The Morgan fingerprint density at radius 3 is 2.22 bits per heavy atom. The first-order chi connectivity index (χ1) is 8.67. The van der Waals surface area contributed by atoms with Crippen LogP contribution < -0.4 is 5.32 Å². The van der Waals surface area contributed by atoms with E-state index in [4.69, 9.17) is 0 Å². The van der Waals surface area contributed by atoms with Crippen LogP contribution in [0.4, 0.5) is 5.69 Å². The Bertz CT molecular complexity index is 313. The number of benzene rings is 1. The molecule has 0 aliphatic heterocycles. The molecule has 1 N–H and O–H groups in total. The molecule has 1 aromatic rings. The van der Waals surface area contributed by atoms with Crippen LogP contribution >= 0.6 is 0 Å². The topological polar surface area (TPSA) is 12.0 Å². The lowest BCUT2D eigenvalue weighted by molar-refractivity contribution is 0.473. The molecule has 1 nitrogen and oxygen atoms in total. The summed E-state index contributed by atoms with van der Waals surface area (Å²) >= 11 is 0. The Labute approximate surface area is 113 Å². The van der Waals surface area contributed by atoms with Crippen LogP contribution in [0, 0.1) is 5.92 Å². The van der Waals surface area contributed by atoms with Gasteiger partial charge in [0.1, 0.15) is 0 Å². The SMILES string of the molecule is CCCCC(CC)CNc1ccc(C(C)C)cc1. The minimum atomic E-state index is 0.618. The summed E-state index contributed by atoms with van der Waals surface area (Å²) < 4.78 is 0. The molecule has 102 valence electrons. The normalized spacial score (nSPS) is 12.7. The Morgan fingerprint density at radius 1 is 1.06 bits per heavy atom. The van der Waals surface area contributed by atoms with E-state index < -0.39 is 0 Å². The van der Waals surface area contributed by atoms with Gasteiger partial charge in [-0.1, -0.05) is 59.1 Å². The van der Waals surface area contributed by atoms with Crippen molar-refractivity contribution in [2.45, 2.75) is 59.3 Å². The van der Waals surface area contributed by atoms with Gasteiger partial charge in [-0.2, -0.15) is 0 Å². The van der Waals surface area contributed by atoms with Gasteiger partial charge in [-0.15, -0.1) is 0 Å². The zero-order chi connectivity index (χ0) is 13.4. The smallest absolute Gasteiger partial charge is 0.0340 e. The van der Waals surface area contributed by atoms with Crippen molar-refractivity contribution < 1.29 is 0 Å². The van der Waals surface area contributed by atoms with Crippen LogP contribution in [0.1, 0.15) is 64.9 Å². The maximum atomic E-state index is 3.57. The van der Waals surface area contributed by atoms with Crippen molar-refractivity contribution in [2.24, 2.45) is 5.92 Å². The second-order valence-corrected chi connectivity index (χ2v) is 5.57. The van der Waals surface area contributed by atoms with Crippen LogP contribution in [0.2, 0.25) is 0 Å². The summed E-state index contributed by atoms with van der Waals surface area (Å²) in [4.78, 5) is 0. The third-order valence-corrected chi connectivity index (χ3v) is 3.72. The molecule has 0 fully saturated rings. The molecule has 1 unspecified atom stereocenters. The van der Waals surface area contributed by atoms with Crippen LogP contribution in [-0.2, 0) is 0 Å². The average Bonchev–Trinajstić information content (AvgIpc) is 2.39. The van der Waals surface area contributed by atoms with Gasteiger partial charge >= 0.3 is 0 Å². The molecular weight excluding hydrogens is 218 g/mol. The van der Waals surface area contributed by atoms with Gasteiger partial charge in [-0.05, 0) is 36.0 Å². The van der Waals surface area contributed by atoms with Crippen LogP contribution in [0.5, 0.6) is 0 Å². The second kappa shape index (κ2) is 8.18. The highest BCUT2D eigenvalue weighted by molar-refractivity contribution is 5.45. The molecular formula is C17H29N. The van der Waals surface area contributed by atoms with E-state index in [1.54, 1.807) is 0 Å². The lowest BCUT2D eigenvalue weighted by atomic mass is 9.99. The maximum Gasteiger partial charge on any atom is 0.0340 e. The van der Waals surface area contributed by atoms with Crippen LogP contribution in [0.15, 0.2) is 24.3 Å². The highest BCUT2D eigenvalue weighted by Crippen LogP contribution is 2.18. The first kappa shape index (κ1) is 15.1. The molecule has 0 aromatic heterocycles. The first-order valence-corrected chi connectivity index (χ1v) is 7.51. The molecule has 1 heteroatoms. The lowest BCUT2D eigenvalue weighted by Gasteiger charge is -2.16. The third kappa shape index (κ3) is 5.12. The number of hydrogen-bond acceptors (Lipinski definition) is 1. The highest BCUT2D eigenvalue weighted by atomic mass is 14.9. The van der Waals surface area contributed by atoms with E-state index >= 15 is 0 Å². The maximum absolute atomic E-state index is 3.57. The molecule has 0 aliphatic carbocycles. The van der Waals surface area contributed by atoms with Gasteiger partial charge in [0.2, 0.25) is 0 Å².